The molecule has 1 aromatic carbocycles. The second-order valence-corrected chi connectivity index (χ2v) is 5.19. The Bertz CT molecular complexity index is 407. The monoisotopic (exact) mass is 264 g/mol. The first-order valence-corrected chi connectivity index (χ1v) is 6.97. The maximum atomic E-state index is 5.70. The van der Waals surface area contributed by atoms with E-state index in [-0.39, 0.29) is 0 Å². The molecule has 1 heterocycles. The topological polar surface area (TPSA) is 33.7 Å². The Balaban J connectivity index is 1.83. The van der Waals surface area contributed by atoms with Gasteiger partial charge in [0.15, 0.2) is 11.5 Å². The minimum atomic E-state index is 0.586. The van der Waals surface area contributed by atoms with Crippen molar-refractivity contribution in [3.63, 3.8) is 0 Å². The van der Waals surface area contributed by atoms with Crippen LogP contribution in [0.15, 0.2) is 18.2 Å². The fourth-order valence-corrected chi connectivity index (χ4v) is 2.01. The highest BCUT2D eigenvalue weighted by atomic mass is 16.6. The zero-order valence-electron chi connectivity index (χ0n) is 12.1. The molecule has 0 aliphatic carbocycles. The fraction of sp³-hybridized carbons (Fsp3) is 0.600. The van der Waals surface area contributed by atoms with Crippen molar-refractivity contribution in [1.82, 2.24) is 10.2 Å². The zero-order chi connectivity index (χ0) is 13.7. The highest BCUT2D eigenvalue weighted by Crippen LogP contribution is 2.33. The van der Waals surface area contributed by atoms with Gasteiger partial charge < -0.3 is 19.7 Å². The van der Waals surface area contributed by atoms with Crippen LogP contribution < -0.4 is 14.8 Å². The van der Waals surface area contributed by atoms with Crippen LogP contribution in [0.1, 0.15) is 19.4 Å². The molecule has 0 aromatic heterocycles. The van der Waals surface area contributed by atoms with Gasteiger partial charge in [-0.1, -0.05) is 12.1 Å². The van der Waals surface area contributed by atoms with E-state index in [1.54, 1.807) is 0 Å². The summed E-state index contributed by atoms with van der Waals surface area (Å²) in [4.78, 5) is 2.33. The largest absolute Gasteiger partial charge is 0.486 e. The van der Waals surface area contributed by atoms with E-state index in [0.29, 0.717) is 19.3 Å². The van der Waals surface area contributed by atoms with Gasteiger partial charge in [-0.2, -0.15) is 0 Å². The van der Waals surface area contributed by atoms with Crippen LogP contribution in [-0.4, -0.2) is 44.3 Å². The molecule has 0 unspecified atom stereocenters. The first-order valence-electron chi connectivity index (χ1n) is 6.97. The van der Waals surface area contributed by atoms with Gasteiger partial charge in [0.05, 0.1) is 0 Å². The standard InChI is InChI=1S/C15H24N2O2/c1-12(2)17(3)8-7-16-11-13-5-4-6-14-15(13)19-10-9-18-14/h4-6,12,16H,7-11H2,1-3H3. The number of nitrogens with one attached hydrogen (secondary N) is 1. The van der Waals surface area contributed by atoms with Crippen molar-refractivity contribution >= 4 is 0 Å². The van der Waals surface area contributed by atoms with E-state index in [2.05, 4.69) is 37.2 Å². The van der Waals surface area contributed by atoms with E-state index < -0.39 is 0 Å². The first-order chi connectivity index (χ1) is 9.18. The predicted molar refractivity (Wildman–Crippen MR) is 76.9 cm³/mol. The number of benzene rings is 1. The van der Waals surface area contributed by atoms with E-state index in [9.17, 15) is 0 Å². The number of ether oxygens (including phenoxy) is 2. The molecule has 0 radical (unpaired) electrons. The van der Waals surface area contributed by atoms with Crippen molar-refractivity contribution in [3.05, 3.63) is 23.8 Å². The van der Waals surface area contributed by atoms with Crippen molar-refractivity contribution in [2.24, 2.45) is 0 Å². The van der Waals surface area contributed by atoms with E-state index in [1.807, 2.05) is 12.1 Å². The fourth-order valence-electron chi connectivity index (χ4n) is 2.01. The van der Waals surface area contributed by atoms with E-state index in [0.717, 1.165) is 31.1 Å². The van der Waals surface area contributed by atoms with Crippen LogP contribution in [0.4, 0.5) is 0 Å². The number of hydrogen-bond donors (Lipinski definition) is 1. The lowest BCUT2D eigenvalue weighted by Gasteiger charge is -2.22. The van der Waals surface area contributed by atoms with Crippen LogP contribution >= 0.6 is 0 Å². The van der Waals surface area contributed by atoms with Gasteiger partial charge in [-0.15, -0.1) is 0 Å². The Morgan fingerprint density at radius 2 is 2.05 bits per heavy atom. The molecule has 4 nitrogen and oxygen atoms in total. The SMILES string of the molecule is CC(C)N(C)CCNCc1cccc2c1OCCO2. The van der Waals surface area contributed by atoms with Crippen molar-refractivity contribution in [2.45, 2.75) is 26.4 Å². The molecule has 1 aromatic rings. The Labute approximate surface area is 115 Å². The molecule has 4 heteroatoms. The number of fused-ring (bicyclic) bond motifs is 1. The van der Waals surface area contributed by atoms with Crippen LogP contribution in [0.3, 0.4) is 0 Å². The van der Waals surface area contributed by atoms with Crippen molar-refractivity contribution in [2.75, 3.05) is 33.4 Å². The van der Waals surface area contributed by atoms with Crippen molar-refractivity contribution in [3.8, 4) is 11.5 Å². The Morgan fingerprint density at radius 1 is 1.26 bits per heavy atom. The van der Waals surface area contributed by atoms with Gasteiger partial charge in [0.25, 0.3) is 0 Å². The molecule has 0 bridgehead atoms. The summed E-state index contributed by atoms with van der Waals surface area (Å²) >= 11 is 0. The summed E-state index contributed by atoms with van der Waals surface area (Å²) in [6.45, 7) is 8.53. The van der Waals surface area contributed by atoms with Crippen molar-refractivity contribution < 1.29 is 9.47 Å². The summed E-state index contributed by atoms with van der Waals surface area (Å²) < 4.78 is 11.3. The lowest BCUT2D eigenvalue weighted by molar-refractivity contribution is 0.169. The van der Waals surface area contributed by atoms with Gasteiger partial charge in [-0.25, -0.2) is 0 Å². The highest BCUT2D eigenvalue weighted by Gasteiger charge is 2.14. The number of hydrogen-bond acceptors (Lipinski definition) is 4. The molecule has 0 spiro atoms. The quantitative estimate of drug-likeness (QED) is 0.796. The molecule has 2 rings (SSSR count). The lowest BCUT2D eigenvalue weighted by atomic mass is 10.1. The maximum absolute atomic E-state index is 5.70. The summed E-state index contributed by atoms with van der Waals surface area (Å²) in [5, 5.41) is 3.46. The Kier molecular flexibility index (Phi) is 5.05. The molecule has 106 valence electrons. The van der Waals surface area contributed by atoms with Gasteiger partial charge in [-0.05, 0) is 27.0 Å². The minimum Gasteiger partial charge on any atom is -0.486 e. The van der Waals surface area contributed by atoms with Gasteiger partial charge in [0.2, 0.25) is 0 Å². The predicted octanol–water partition coefficient (Wildman–Crippen LogP) is 1.89. The summed E-state index contributed by atoms with van der Waals surface area (Å²) in [6.07, 6.45) is 0. The highest BCUT2D eigenvalue weighted by molar-refractivity contribution is 5.47. The summed E-state index contributed by atoms with van der Waals surface area (Å²) in [5.41, 5.74) is 1.17. The molecule has 19 heavy (non-hydrogen) atoms. The third kappa shape index (κ3) is 3.85. The van der Waals surface area contributed by atoms with Crippen molar-refractivity contribution in [1.29, 1.82) is 0 Å². The number of nitrogens with zero attached hydrogens (tertiary/aromatic N) is 1. The smallest absolute Gasteiger partial charge is 0.165 e. The van der Waals surface area contributed by atoms with Gasteiger partial charge in [0, 0.05) is 31.2 Å². The molecule has 1 aliphatic heterocycles. The summed E-state index contributed by atoms with van der Waals surface area (Å²) in [7, 11) is 2.15. The Hall–Kier alpha value is -1.26. The van der Waals surface area contributed by atoms with Gasteiger partial charge in [-0.3, -0.25) is 0 Å². The molecular weight excluding hydrogens is 240 g/mol. The van der Waals surface area contributed by atoms with Crippen LogP contribution in [0.2, 0.25) is 0 Å². The maximum Gasteiger partial charge on any atom is 0.165 e. The average Bonchev–Trinajstić information content (AvgIpc) is 2.43. The lowest BCUT2D eigenvalue weighted by Crippen LogP contribution is -2.33. The molecular formula is C15H24N2O2. The molecule has 0 saturated heterocycles. The number of rotatable bonds is 6. The molecule has 0 amide bonds. The molecule has 0 atom stereocenters. The summed E-state index contributed by atoms with van der Waals surface area (Å²) in [5.74, 6) is 1.77. The van der Waals surface area contributed by atoms with Crippen LogP contribution in [0.5, 0.6) is 11.5 Å². The van der Waals surface area contributed by atoms with E-state index >= 15 is 0 Å². The Morgan fingerprint density at radius 3 is 2.84 bits per heavy atom. The second-order valence-electron chi connectivity index (χ2n) is 5.19. The summed E-state index contributed by atoms with van der Waals surface area (Å²) in [6, 6.07) is 6.66. The first kappa shape index (κ1) is 14.2. The van der Waals surface area contributed by atoms with E-state index in [4.69, 9.17) is 9.47 Å². The minimum absolute atomic E-state index is 0.586. The third-order valence-electron chi connectivity index (χ3n) is 3.49. The number of likely N-dealkylation sites (N-methyl/N-ethyl adjacent to an activating group) is 1. The number of para-hydroxylation sites is 1. The molecule has 0 fully saturated rings. The van der Waals surface area contributed by atoms with Crippen LogP contribution in [0.25, 0.3) is 0 Å². The molecule has 1 aliphatic rings. The second kappa shape index (κ2) is 6.78. The molecule has 0 saturated carbocycles. The van der Waals surface area contributed by atoms with E-state index in [1.165, 1.54) is 5.56 Å². The third-order valence-corrected chi connectivity index (χ3v) is 3.49. The zero-order valence-corrected chi connectivity index (χ0v) is 12.1. The average molecular weight is 264 g/mol. The van der Waals surface area contributed by atoms with Gasteiger partial charge in [0.1, 0.15) is 13.2 Å². The van der Waals surface area contributed by atoms with Crippen LogP contribution in [-0.2, 0) is 6.54 Å². The normalized spacial score (nSPS) is 14.2. The molecule has 1 N–H and O–H groups in total. The van der Waals surface area contributed by atoms with Gasteiger partial charge >= 0.3 is 0 Å². The van der Waals surface area contributed by atoms with Crippen LogP contribution in [0, 0.1) is 0 Å².